The van der Waals surface area contributed by atoms with Crippen LogP contribution in [0.1, 0.15) is 17.0 Å². The number of hydrogen-bond acceptors (Lipinski definition) is 4. The van der Waals surface area contributed by atoms with Crippen molar-refractivity contribution in [2.45, 2.75) is 6.92 Å². The van der Waals surface area contributed by atoms with Crippen LogP contribution in [0, 0.1) is 6.92 Å². The van der Waals surface area contributed by atoms with Crippen molar-refractivity contribution in [3.05, 3.63) is 126 Å². The fraction of sp³-hybridized carbons (Fsp3) is 0.147. The van der Waals surface area contributed by atoms with Crippen LogP contribution in [0.4, 0.5) is 11.4 Å². The maximum atomic E-state index is 4.79. The summed E-state index contributed by atoms with van der Waals surface area (Å²) in [7, 11) is 8.20. The van der Waals surface area contributed by atoms with Gasteiger partial charge in [-0.1, -0.05) is 83.0 Å². The molecule has 0 bridgehead atoms. The van der Waals surface area contributed by atoms with E-state index in [1.165, 1.54) is 11.1 Å². The first-order valence-electron chi connectivity index (χ1n) is 13.3. The molecule has 1 heterocycles. The van der Waals surface area contributed by atoms with Gasteiger partial charge >= 0.3 is 5.82 Å². The molecule has 1 aromatic heterocycles. The number of hydrogen-bond donors (Lipinski definition) is 0. The van der Waals surface area contributed by atoms with Crippen molar-refractivity contribution in [1.29, 1.82) is 0 Å². The lowest BCUT2D eigenvalue weighted by molar-refractivity contribution is -0.684. The summed E-state index contributed by atoms with van der Waals surface area (Å²) in [4.78, 5) is 4.21. The Balaban J connectivity index is 1.43. The van der Waals surface area contributed by atoms with Gasteiger partial charge in [0, 0.05) is 57.6 Å². The summed E-state index contributed by atoms with van der Waals surface area (Å²) in [6, 6.07) is 33.8. The second kappa shape index (κ2) is 11.8. The highest BCUT2D eigenvalue weighted by Gasteiger charge is 2.13. The van der Waals surface area contributed by atoms with Gasteiger partial charge in [0.05, 0.1) is 12.4 Å². The molecule has 200 valence electrons. The monoisotopic (exact) mass is 527 g/mol. The number of imidazole rings is 1. The Morgan fingerprint density at radius 3 is 1.62 bits per heavy atom. The Kier molecular flexibility index (Phi) is 7.87. The van der Waals surface area contributed by atoms with Gasteiger partial charge < -0.3 is 9.80 Å². The minimum atomic E-state index is 0.892. The molecule has 0 atom stereocenters. The van der Waals surface area contributed by atoms with E-state index in [1.54, 1.807) is 0 Å². The Morgan fingerprint density at radius 1 is 0.625 bits per heavy atom. The molecule has 0 amide bonds. The lowest BCUT2D eigenvalue weighted by Crippen LogP contribution is -2.29. The standard InChI is InChI=1S/C34H35N6/c1-26-39(35-24-31-22-29(16-18-33(31)37(2)3)27-12-8-6-9-13-27)20-21-40(26)36-25-32-23-30(17-19-34(32)38(4)5)28-14-10-7-11-15-28/h6-25H,1-5H3/q+1. The van der Waals surface area contributed by atoms with Gasteiger partial charge in [-0.2, -0.15) is 0 Å². The molecule has 0 unspecified atom stereocenters. The van der Waals surface area contributed by atoms with Gasteiger partial charge in [0.2, 0.25) is 0 Å². The van der Waals surface area contributed by atoms with Crippen LogP contribution in [-0.2, 0) is 0 Å². The summed E-state index contributed by atoms with van der Waals surface area (Å²) in [5.74, 6) is 0.892. The summed E-state index contributed by atoms with van der Waals surface area (Å²) in [6.07, 6.45) is 7.67. The zero-order valence-corrected chi connectivity index (χ0v) is 23.7. The summed E-state index contributed by atoms with van der Waals surface area (Å²) < 4.78 is 3.69. The minimum absolute atomic E-state index is 0.892. The highest BCUT2D eigenvalue weighted by Crippen LogP contribution is 2.27. The number of nitrogens with zero attached hydrogens (tertiary/aromatic N) is 6. The highest BCUT2D eigenvalue weighted by molar-refractivity contribution is 5.91. The van der Waals surface area contributed by atoms with Crippen LogP contribution in [0.15, 0.2) is 120 Å². The second-order valence-corrected chi connectivity index (χ2v) is 10.1. The zero-order chi connectivity index (χ0) is 28.1. The van der Waals surface area contributed by atoms with Crippen LogP contribution < -0.4 is 14.5 Å². The van der Waals surface area contributed by atoms with Crippen LogP contribution in [-0.4, -0.2) is 45.3 Å². The maximum Gasteiger partial charge on any atom is 0.304 e. The quantitative estimate of drug-likeness (QED) is 0.175. The smallest absolute Gasteiger partial charge is 0.304 e. The van der Waals surface area contributed by atoms with Gasteiger partial charge in [-0.3, -0.25) is 0 Å². The Labute approximate surface area is 236 Å². The molecule has 40 heavy (non-hydrogen) atoms. The van der Waals surface area contributed by atoms with Gasteiger partial charge in [-0.15, -0.1) is 9.35 Å². The SMILES string of the molecule is Cc1n(N=Cc2cc(-c3ccccc3)ccc2N(C)C)cc[n+]1N=Cc1cc(-c2ccccc2)ccc1N(C)C. The van der Waals surface area contributed by atoms with E-state index in [4.69, 9.17) is 10.2 Å². The Hall–Kier alpha value is -4.97. The summed E-state index contributed by atoms with van der Waals surface area (Å²) in [5, 5.41) is 9.58. The van der Waals surface area contributed by atoms with E-state index in [0.717, 1.165) is 39.5 Å². The fourth-order valence-electron chi connectivity index (χ4n) is 4.69. The molecule has 0 spiro atoms. The first-order chi connectivity index (χ1) is 19.4. The molecule has 6 heteroatoms. The lowest BCUT2D eigenvalue weighted by atomic mass is 10.0. The van der Waals surface area contributed by atoms with Crippen molar-refractivity contribution in [2.24, 2.45) is 10.2 Å². The molecule has 5 aromatic rings. The summed E-state index contributed by atoms with van der Waals surface area (Å²) in [5.41, 5.74) is 8.98. The van der Waals surface area contributed by atoms with Crippen molar-refractivity contribution in [3.8, 4) is 22.3 Å². The summed E-state index contributed by atoms with van der Waals surface area (Å²) >= 11 is 0. The van der Waals surface area contributed by atoms with Gasteiger partial charge in [0.25, 0.3) is 0 Å². The Morgan fingerprint density at radius 2 is 1.12 bits per heavy atom. The number of rotatable bonds is 8. The molecule has 0 N–H and O–H groups in total. The van der Waals surface area contributed by atoms with Gasteiger partial charge in [-0.05, 0) is 46.5 Å². The van der Waals surface area contributed by atoms with E-state index < -0.39 is 0 Å². The predicted octanol–water partition coefficient (Wildman–Crippen LogP) is 6.31. The fourth-order valence-corrected chi connectivity index (χ4v) is 4.69. The van der Waals surface area contributed by atoms with E-state index in [0.29, 0.717) is 0 Å². The molecular weight excluding hydrogens is 492 g/mol. The normalized spacial score (nSPS) is 11.4. The van der Waals surface area contributed by atoms with Crippen LogP contribution >= 0.6 is 0 Å². The molecule has 0 saturated carbocycles. The van der Waals surface area contributed by atoms with Crippen LogP contribution in [0.3, 0.4) is 0 Å². The van der Waals surface area contributed by atoms with Crippen LogP contribution in [0.5, 0.6) is 0 Å². The van der Waals surface area contributed by atoms with Crippen LogP contribution in [0.25, 0.3) is 22.3 Å². The largest absolute Gasteiger partial charge is 0.377 e. The summed E-state index contributed by atoms with van der Waals surface area (Å²) in [6.45, 7) is 2.01. The zero-order valence-electron chi connectivity index (χ0n) is 23.7. The topological polar surface area (TPSA) is 40.0 Å². The molecule has 0 aliphatic heterocycles. The van der Waals surface area contributed by atoms with Crippen molar-refractivity contribution in [1.82, 2.24) is 4.68 Å². The third-order valence-corrected chi connectivity index (χ3v) is 6.89. The van der Waals surface area contributed by atoms with Gasteiger partial charge in [0.1, 0.15) is 0 Å². The average Bonchev–Trinajstić information content (AvgIpc) is 3.34. The first kappa shape index (κ1) is 26.6. The Bertz CT molecular complexity index is 1520. The molecule has 4 aromatic carbocycles. The van der Waals surface area contributed by atoms with Crippen molar-refractivity contribution >= 4 is 23.8 Å². The molecule has 0 saturated heterocycles. The second-order valence-electron chi connectivity index (χ2n) is 10.1. The molecule has 0 aliphatic carbocycles. The van der Waals surface area contributed by atoms with Crippen molar-refractivity contribution in [2.75, 3.05) is 38.0 Å². The minimum Gasteiger partial charge on any atom is -0.377 e. The first-order valence-corrected chi connectivity index (χ1v) is 13.3. The third-order valence-electron chi connectivity index (χ3n) is 6.89. The molecule has 6 nitrogen and oxygen atoms in total. The highest BCUT2D eigenvalue weighted by atomic mass is 15.5. The maximum absolute atomic E-state index is 4.79. The lowest BCUT2D eigenvalue weighted by Gasteiger charge is -2.16. The molecular formula is C34H35N6+. The molecule has 5 rings (SSSR count). The van der Waals surface area contributed by atoms with E-state index >= 15 is 0 Å². The van der Waals surface area contributed by atoms with E-state index in [-0.39, 0.29) is 0 Å². The van der Waals surface area contributed by atoms with Crippen molar-refractivity contribution in [3.63, 3.8) is 0 Å². The van der Waals surface area contributed by atoms with E-state index in [2.05, 4.69) is 94.7 Å². The predicted molar refractivity (Wildman–Crippen MR) is 168 cm³/mol. The number of aromatic nitrogens is 2. The molecule has 0 fully saturated rings. The third kappa shape index (κ3) is 5.86. The van der Waals surface area contributed by atoms with Gasteiger partial charge in [-0.25, -0.2) is 0 Å². The van der Waals surface area contributed by atoms with Crippen molar-refractivity contribution < 1.29 is 4.68 Å². The van der Waals surface area contributed by atoms with E-state index in [1.807, 2.05) is 81.4 Å². The van der Waals surface area contributed by atoms with Gasteiger partial charge in [0.15, 0.2) is 12.4 Å². The average molecular weight is 528 g/mol. The number of anilines is 2. The molecule has 0 aliphatic rings. The van der Waals surface area contributed by atoms with E-state index in [9.17, 15) is 0 Å². The number of benzene rings is 4. The molecule has 0 radical (unpaired) electrons. The van der Waals surface area contributed by atoms with Crippen LogP contribution in [0.2, 0.25) is 0 Å².